The van der Waals surface area contributed by atoms with Crippen LogP contribution in [-0.4, -0.2) is 37.2 Å². The maximum atomic E-state index is 4.75. The lowest BCUT2D eigenvalue weighted by atomic mass is 10.2. The predicted molar refractivity (Wildman–Crippen MR) is 83.1 cm³/mol. The van der Waals surface area contributed by atoms with E-state index >= 15 is 0 Å². The molecule has 21 heavy (non-hydrogen) atoms. The van der Waals surface area contributed by atoms with Crippen LogP contribution in [0.15, 0.2) is 36.9 Å². The molecule has 3 heterocycles. The van der Waals surface area contributed by atoms with Crippen molar-refractivity contribution in [1.82, 2.24) is 24.6 Å². The molecule has 0 saturated carbocycles. The number of rotatable bonds is 4. The first-order valence-corrected chi connectivity index (χ1v) is 8.11. The van der Waals surface area contributed by atoms with E-state index in [1.807, 2.05) is 4.68 Å². The molecule has 1 unspecified atom stereocenters. The summed E-state index contributed by atoms with van der Waals surface area (Å²) >= 11 is 1.81. The van der Waals surface area contributed by atoms with Gasteiger partial charge in [-0.15, -0.1) is 11.3 Å². The van der Waals surface area contributed by atoms with Crippen molar-refractivity contribution >= 4 is 21.6 Å². The van der Waals surface area contributed by atoms with Crippen LogP contribution in [0.4, 0.5) is 0 Å². The highest BCUT2D eigenvalue weighted by atomic mass is 32.1. The van der Waals surface area contributed by atoms with Crippen LogP contribution >= 0.6 is 11.3 Å². The Balaban J connectivity index is 1.49. The molecule has 1 saturated heterocycles. The molecular formula is C15H17N5S. The lowest BCUT2D eigenvalue weighted by Gasteiger charge is -2.23. The summed E-state index contributed by atoms with van der Waals surface area (Å²) in [6.07, 6.45) is 5.88. The molecule has 2 aromatic heterocycles. The molecule has 0 bridgehead atoms. The summed E-state index contributed by atoms with van der Waals surface area (Å²) in [5, 5.41) is 5.43. The number of fused-ring (bicyclic) bond motifs is 1. The Morgan fingerprint density at radius 3 is 3.10 bits per heavy atom. The normalized spacial score (nSPS) is 19.5. The van der Waals surface area contributed by atoms with Crippen molar-refractivity contribution in [1.29, 1.82) is 0 Å². The van der Waals surface area contributed by atoms with Gasteiger partial charge in [0.25, 0.3) is 0 Å². The molecule has 0 radical (unpaired) electrons. The first kappa shape index (κ1) is 12.9. The van der Waals surface area contributed by atoms with Gasteiger partial charge in [-0.05, 0) is 31.5 Å². The molecule has 1 aliphatic heterocycles. The molecule has 3 aromatic rings. The van der Waals surface area contributed by atoms with Gasteiger partial charge in [0, 0.05) is 6.04 Å². The molecule has 1 atom stereocenters. The SMILES string of the molecule is c1ccc2sc(CN3CCCC3Cn3cncn3)nc2c1. The molecule has 0 amide bonds. The lowest BCUT2D eigenvalue weighted by molar-refractivity contribution is 0.219. The number of thiazole rings is 1. The van der Waals surface area contributed by atoms with Crippen molar-refractivity contribution in [2.45, 2.75) is 32.0 Å². The van der Waals surface area contributed by atoms with Crippen molar-refractivity contribution in [2.75, 3.05) is 6.54 Å². The van der Waals surface area contributed by atoms with Crippen LogP contribution in [0.1, 0.15) is 17.8 Å². The minimum absolute atomic E-state index is 0.540. The fourth-order valence-electron chi connectivity index (χ4n) is 3.01. The molecule has 108 valence electrons. The Labute approximate surface area is 127 Å². The van der Waals surface area contributed by atoms with Crippen LogP contribution < -0.4 is 0 Å². The van der Waals surface area contributed by atoms with Gasteiger partial charge in [-0.25, -0.2) is 9.97 Å². The van der Waals surface area contributed by atoms with E-state index in [0.717, 1.165) is 25.2 Å². The molecule has 1 aliphatic rings. The van der Waals surface area contributed by atoms with Crippen molar-refractivity contribution in [2.24, 2.45) is 0 Å². The van der Waals surface area contributed by atoms with Gasteiger partial charge in [-0.2, -0.15) is 5.10 Å². The third kappa shape index (κ3) is 2.69. The third-order valence-electron chi connectivity index (χ3n) is 4.04. The predicted octanol–water partition coefficient (Wildman–Crippen LogP) is 2.55. The van der Waals surface area contributed by atoms with Gasteiger partial charge < -0.3 is 0 Å². The Morgan fingerprint density at radius 1 is 1.29 bits per heavy atom. The maximum absolute atomic E-state index is 4.75. The van der Waals surface area contributed by atoms with Gasteiger partial charge in [0.05, 0.1) is 23.3 Å². The summed E-state index contributed by atoms with van der Waals surface area (Å²) in [6, 6.07) is 8.90. The Morgan fingerprint density at radius 2 is 2.24 bits per heavy atom. The van der Waals surface area contributed by atoms with Crippen molar-refractivity contribution in [3.63, 3.8) is 0 Å². The van der Waals surface area contributed by atoms with E-state index in [1.54, 1.807) is 24.0 Å². The van der Waals surface area contributed by atoms with E-state index in [2.05, 4.69) is 39.2 Å². The lowest BCUT2D eigenvalue weighted by Crippen LogP contribution is -2.32. The minimum Gasteiger partial charge on any atom is -0.292 e. The molecular weight excluding hydrogens is 282 g/mol. The second kappa shape index (κ2) is 5.54. The largest absolute Gasteiger partial charge is 0.292 e. The van der Waals surface area contributed by atoms with Crippen molar-refractivity contribution in [3.05, 3.63) is 41.9 Å². The minimum atomic E-state index is 0.540. The van der Waals surface area contributed by atoms with E-state index in [4.69, 9.17) is 4.98 Å². The number of para-hydroxylation sites is 1. The highest BCUT2D eigenvalue weighted by Gasteiger charge is 2.25. The van der Waals surface area contributed by atoms with Gasteiger partial charge in [-0.1, -0.05) is 12.1 Å². The number of hydrogen-bond donors (Lipinski definition) is 0. The number of aromatic nitrogens is 4. The van der Waals surface area contributed by atoms with Crippen molar-refractivity contribution < 1.29 is 0 Å². The van der Waals surface area contributed by atoms with E-state index in [0.29, 0.717) is 6.04 Å². The molecule has 1 fully saturated rings. The standard InChI is InChI=1S/C15H17N5S/c1-2-6-14-13(5-1)18-15(21-14)9-19-7-3-4-12(19)8-20-11-16-10-17-20/h1-2,5-6,10-12H,3-4,7-9H2. The number of nitrogens with zero attached hydrogens (tertiary/aromatic N) is 5. The zero-order valence-corrected chi connectivity index (χ0v) is 12.5. The topological polar surface area (TPSA) is 46.8 Å². The van der Waals surface area contributed by atoms with E-state index < -0.39 is 0 Å². The number of likely N-dealkylation sites (tertiary alicyclic amines) is 1. The Kier molecular flexibility index (Phi) is 3.40. The first-order valence-electron chi connectivity index (χ1n) is 7.29. The van der Waals surface area contributed by atoms with Crippen LogP contribution in [-0.2, 0) is 13.1 Å². The zero-order chi connectivity index (χ0) is 14.1. The highest BCUT2D eigenvalue weighted by Crippen LogP contribution is 2.26. The Bertz CT molecular complexity index is 688. The molecule has 0 N–H and O–H groups in total. The van der Waals surface area contributed by atoms with Gasteiger partial charge in [0.15, 0.2) is 0 Å². The second-order valence-electron chi connectivity index (χ2n) is 5.46. The van der Waals surface area contributed by atoms with Gasteiger partial charge in [0.1, 0.15) is 17.7 Å². The van der Waals surface area contributed by atoms with Gasteiger partial charge in [0.2, 0.25) is 0 Å². The van der Waals surface area contributed by atoms with Crippen molar-refractivity contribution in [3.8, 4) is 0 Å². The van der Waals surface area contributed by atoms with Gasteiger partial charge >= 0.3 is 0 Å². The van der Waals surface area contributed by atoms with Crippen LogP contribution in [0.3, 0.4) is 0 Å². The average Bonchev–Trinajstić information content (AvgIpc) is 3.21. The summed E-state index contributed by atoms with van der Waals surface area (Å²) < 4.78 is 3.21. The first-order chi connectivity index (χ1) is 10.4. The van der Waals surface area contributed by atoms with E-state index in [1.165, 1.54) is 22.5 Å². The van der Waals surface area contributed by atoms with Crippen LogP contribution in [0.2, 0.25) is 0 Å². The molecule has 1 aromatic carbocycles. The maximum Gasteiger partial charge on any atom is 0.137 e. The smallest absolute Gasteiger partial charge is 0.137 e. The summed E-state index contributed by atoms with van der Waals surface area (Å²) in [6.45, 7) is 3.01. The average molecular weight is 299 g/mol. The van der Waals surface area contributed by atoms with Crippen LogP contribution in [0.5, 0.6) is 0 Å². The zero-order valence-electron chi connectivity index (χ0n) is 11.7. The van der Waals surface area contributed by atoms with E-state index in [-0.39, 0.29) is 0 Å². The summed E-state index contributed by atoms with van der Waals surface area (Å²) in [5.41, 5.74) is 1.12. The monoisotopic (exact) mass is 299 g/mol. The molecule has 6 heteroatoms. The summed E-state index contributed by atoms with van der Waals surface area (Å²) in [5.74, 6) is 0. The van der Waals surface area contributed by atoms with Crippen LogP contribution in [0.25, 0.3) is 10.2 Å². The van der Waals surface area contributed by atoms with E-state index in [9.17, 15) is 0 Å². The fourth-order valence-corrected chi connectivity index (χ4v) is 4.01. The number of benzene rings is 1. The fraction of sp³-hybridized carbons (Fsp3) is 0.400. The Hall–Kier alpha value is -1.79. The van der Waals surface area contributed by atoms with Crippen LogP contribution in [0, 0.1) is 0 Å². The molecule has 0 aliphatic carbocycles. The molecule has 0 spiro atoms. The molecule has 5 nitrogen and oxygen atoms in total. The summed E-state index contributed by atoms with van der Waals surface area (Å²) in [7, 11) is 0. The quantitative estimate of drug-likeness (QED) is 0.743. The number of hydrogen-bond acceptors (Lipinski definition) is 5. The summed E-state index contributed by atoms with van der Waals surface area (Å²) in [4.78, 5) is 11.3. The molecule has 4 rings (SSSR count). The highest BCUT2D eigenvalue weighted by molar-refractivity contribution is 7.18. The second-order valence-corrected chi connectivity index (χ2v) is 6.57. The third-order valence-corrected chi connectivity index (χ3v) is 5.06. The van der Waals surface area contributed by atoms with Gasteiger partial charge in [-0.3, -0.25) is 9.58 Å².